The molecule has 0 saturated carbocycles. The lowest BCUT2D eigenvalue weighted by Gasteiger charge is -1.85. The Kier molecular flexibility index (Phi) is 2.91. The van der Waals surface area contributed by atoms with Crippen molar-refractivity contribution in [3.8, 4) is 0 Å². The first-order chi connectivity index (χ1) is 4.50. The van der Waals surface area contributed by atoms with E-state index in [1.165, 1.54) is 12.8 Å². The molecule has 1 radical (unpaired) electrons. The summed E-state index contributed by atoms with van der Waals surface area (Å²) < 4.78 is 0. The molecule has 0 aromatic carbocycles. The van der Waals surface area contributed by atoms with Gasteiger partial charge in [-0.15, -0.1) is 0 Å². The van der Waals surface area contributed by atoms with Crippen LogP contribution < -0.4 is 0 Å². The first-order valence-corrected chi connectivity index (χ1v) is 3.38. The van der Waals surface area contributed by atoms with Gasteiger partial charge in [-0.1, -0.05) is 30.4 Å². The van der Waals surface area contributed by atoms with Gasteiger partial charge < -0.3 is 0 Å². The van der Waals surface area contributed by atoms with E-state index in [4.69, 9.17) is 0 Å². The van der Waals surface area contributed by atoms with Crippen molar-refractivity contribution >= 4 is 0 Å². The summed E-state index contributed by atoms with van der Waals surface area (Å²) in [4.78, 5) is 0. The highest BCUT2D eigenvalue weighted by Crippen LogP contribution is 1.99. The van der Waals surface area contributed by atoms with Crippen molar-refractivity contribution < 1.29 is 0 Å². The van der Waals surface area contributed by atoms with E-state index in [0.29, 0.717) is 0 Å². The molecule has 1 rings (SSSR count). The summed E-state index contributed by atoms with van der Waals surface area (Å²) in [5, 5.41) is 0. The molecule has 0 unspecified atom stereocenters. The zero-order valence-electron chi connectivity index (χ0n) is 5.51. The molecule has 0 heterocycles. The molecule has 0 N–H and O–H groups in total. The van der Waals surface area contributed by atoms with Gasteiger partial charge in [0, 0.05) is 0 Å². The largest absolute Gasteiger partial charge is 0.0845 e. The molecule has 0 fully saturated rings. The summed E-state index contributed by atoms with van der Waals surface area (Å²) in [7, 11) is 0. The molecule has 0 bridgehead atoms. The van der Waals surface area contributed by atoms with Crippen LogP contribution in [-0.2, 0) is 0 Å². The molecule has 9 heavy (non-hydrogen) atoms. The molecule has 0 heteroatoms. The molecule has 47 valence electrons. The van der Waals surface area contributed by atoms with Crippen molar-refractivity contribution in [1.82, 2.24) is 0 Å². The Morgan fingerprint density at radius 3 is 3.11 bits per heavy atom. The fourth-order valence-corrected chi connectivity index (χ4v) is 0.768. The van der Waals surface area contributed by atoms with E-state index in [9.17, 15) is 0 Å². The maximum Gasteiger partial charge on any atom is -0.0273 e. The Bertz CT molecular complexity index is 122. The van der Waals surface area contributed by atoms with Crippen LogP contribution in [0.25, 0.3) is 0 Å². The van der Waals surface area contributed by atoms with E-state index in [1.807, 2.05) is 18.2 Å². The smallest absolute Gasteiger partial charge is 0.0273 e. The van der Waals surface area contributed by atoms with Gasteiger partial charge in [-0.25, -0.2) is 0 Å². The Hall–Kier alpha value is -0.780. The van der Waals surface area contributed by atoms with Crippen molar-refractivity contribution in [1.29, 1.82) is 0 Å². The molecule has 1 aliphatic rings. The van der Waals surface area contributed by atoms with Gasteiger partial charge in [0.15, 0.2) is 0 Å². The molecule has 0 aliphatic heterocycles. The highest BCUT2D eigenvalue weighted by molar-refractivity contribution is 5.10. The summed E-state index contributed by atoms with van der Waals surface area (Å²) in [6, 6.07) is 0. The lowest BCUT2D eigenvalue weighted by Crippen LogP contribution is -1.66. The molecule has 1 aliphatic carbocycles. The van der Waals surface area contributed by atoms with E-state index in [0.717, 1.165) is 6.42 Å². The summed E-state index contributed by atoms with van der Waals surface area (Å²) in [6.07, 6.45) is 17.0. The average Bonchev–Trinajstić information content (AvgIpc) is 2.00. The Morgan fingerprint density at radius 1 is 1.11 bits per heavy atom. The lowest BCUT2D eigenvalue weighted by molar-refractivity contribution is 0.856. The maximum atomic E-state index is 3.18. The zero-order chi connectivity index (χ0) is 6.36. The molecule has 0 nitrogen and oxygen atoms in total. The van der Waals surface area contributed by atoms with Crippen LogP contribution >= 0.6 is 0 Å². The monoisotopic (exact) mass is 119 g/mol. The second-order valence-corrected chi connectivity index (χ2v) is 2.08. The maximum absolute atomic E-state index is 3.18. The van der Waals surface area contributed by atoms with E-state index < -0.39 is 0 Å². The minimum Gasteiger partial charge on any atom is -0.0845 e. The summed E-state index contributed by atoms with van der Waals surface area (Å²) in [5.74, 6) is 0. The summed E-state index contributed by atoms with van der Waals surface area (Å²) >= 11 is 0. The van der Waals surface area contributed by atoms with Crippen molar-refractivity contribution in [3.05, 3.63) is 36.5 Å². The summed E-state index contributed by atoms with van der Waals surface area (Å²) in [5.41, 5.74) is 0. The Labute approximate surface area is 56.6 Å². The number of hydrogen-bond donors (Lipinski definition) is 0. The van der Waals surface area contributed by atoms with Gasteiger partial charge in [0.05, 0.1) is 0 Å². The third-order valence-corrected chi connectivity index (χ3v) is 1.26. The first-order valence-electron chi connectivity index (χ1n) is 3.38. The number of allylic oxidation sites excluding steroid dienone is 6. The average molecular weight is 119 g/mol. The van der Waals surface area contributed by atoms with Crippen LogP contribution in [0.4, 0.5) is 0 Å². The lowest BCUT2D eigenvalue weighted by atomic mass is 10.2. The topological polar surface area (TPSA) is 0 Å². The highest BCUT2D eigenvalue weighted by Gasteiger charge is 1.80. The minimum atomic E-state index is 1.09. The first kappa shape index (κ1) is 6.34. The van der Waals surface area contributed by atoms with Crippen LogP contribution in [0, 0.1) is 6.08 Å². The molecule has 0 atom stereocenters. The zero-order valence-corrected chi connectivity index (χ0v) is 5.51. The predicted molar refractivity (Wildman–Crippen MR) is 39.9 cm³/mol. The van der Waals surface area contributed by atoms with E-state index in [2.05, 4.69) is 18.2 Å². The number of hydrogen-bond acceptors (Lipinski definition) is 0. The second-order valence-electron chi connectivity index (χ2n) is 2.08. The second kappa shape index (κ2) is 4.13. The van der Waals surface area contributed by atoms with Crippen LogP contribution in [0.1, 0.15) is 19.3 Å². The van der Waals surface area contributed by atoms with Gasteiger partial charge in [-0.2, -0.15) is 0 Å². The van der Waals surface area contributed by atoms with Gasteiger partial charge in [0.25, 0.3) is 0 Å². The predicted octanol–water partition coefficient (Wildman–Crippen LogP) is 2.64. The fourth-order valence-electron chi connectivity index (χ4n) is 0.768. The standard InChI is InChI=1S/C9H11/c1-2-4-6-8-9-7-5-3-1/h1-5H,6,8-9H2. The molecular weight excluding hydrogens is 108 g/mol. The van der Waals surface area contributed by atoms with Crippen molar-refractivity contribution in [2.24, 2.45) is 0 Å². The van der Waals surface area contributed by atoms with Crippen LogP contribution in [0.3, 0.4) is 0 Å². The SMILES string of the molecule is [C]1=CC=CC=CCCC1. The van der Waals surface area contributed by atoms with Gasteiger partial charge in [0.2, 0.25) is 0 Å². The van der Waals surface area contributed by atoms with Crippen LogP contribution in [0.2, 0.25) is 0 Å². The van der Waals surface area contributed by atoms with Crippen LogP contribution in [0.5, 0.6) is 0 Å². The highest BCUT2D eigenvalue weighted by atomic mass is 13.9. The van der Waals surface area contributed by atoms with E-state index in [-0.39, 0.29) is 0 Å². The Morgan fingerprint density at radius 2 is 2.11 bits per heavy atom. The molecule has 0 aromatic heterocycles. The van der Waals surface area contributed by atoms with E-state index in [1.54, 1.807) is 0 Å². The van der Waals surface area contributed by atoms with Crippen molar-refractivity contribution in [2.45, 2.75) is 19.3 Å². The van der Waals surface area contributed by atoms with Gasteiger partial charge in [-0.3, -0.25) is 0 Å². The summed E-state index contributed by atoms with van der Waals surface area (Å²) in [6.45, 7) is 0. The molecule has 0 saturated heterocycles. The molecule has 0 aromatic rings. The van der Waals surface area contributed by atoms with Crippen molar-refractivity contribution in [2.75, 3.05) is 0 Å². The fraction of sp³-hybridized carbons (Fsp3) is 0.333. The van der Waals surface area contributed by atoms with Gasteiger partial charge >= 0.3 is 0 Å². The quantitative estimate of drug-likeness (QED) is 0.460. The third-order valence-electron chi connectivity index (χ3n) is 1.26. The third kappa shape index (κ3) is 2.91. The normalized spacial score (nSPS) is 18.7. The minimum absolute atomic E-state index is 1.09. The molecule has 0 amide bonds. The van der Waals surface area contributed by atoms with E-state index >= 15 is 0 Å². The van der Waals surface area contributed by atoms with Gasteiger partial charge in [0.1, 0.15) is 0 Å². The molecule has 0 spiro atoms. The number of rotatable bonds is 0. The van der Waals surface area contributed by atoms with Crippen molar-refractivity contribution in [3.63, 3.8) is 0 Å². The van der Waals surface area contributed by atoms with Gasteiger partial charge in [-0.05, 0) is 25.3 Å². The van der Waals surface area contributed by atoms with Crippen LogP contribution in [0.15, 0.2) is 30.4 Å². The molecular formula is C9H11. The Balaban J connectivity index is 2.45. The van der Waals surface area contributed by atoms with Crippen LogP contribution in [-0.4, -0.2) is 0 Å².